The molecule has 6 atom stereocenters. The predicted octanol–water partition coefficient (Wildman–Crippen LogP) is 3.74. The van der Waals surface area contributed by atoms with E-state index in [1.807, 2.05) is 6.92 Å². The van der Waals surface area contributed by atoms with Gasteiger partial charge in [0.2, 0.25) is 0 Å². The van der Waals surface area contributed by atoms with Crippen LogP contribution in [0.25, 0.3) is 0 Å². The van der Waals surface area contributed by atoms with Crippen molar-refractivity contribution in [2.24, 2.45) is 22.7 Å². The zero-order valence-corrected chi connectivity index (χ0v) is 17.3. The van der Waals surface area contributed by atoms with E-state index in [4.69, 9.17) is 9.16 Å². The molecule has 0 spiro atoms. The van der Waals surface area contributed by atoms with Crippen LogP contribution in [0, 0.1) is 22.7 Å². The monoisotopic (exact) mass is 354 g/mol. The summed E-state index contributed by atoms with van der Waals surface area (Å²) in [6.45, 7) is 15.7. The number of aliphatic hydroxyl groups is 1. The summed E-state index contributed by atoms with van der Waals surface area (Å²) in [6.07, 6.45) is 3.14. The van der Waals surface area contributed by atoms with Gasteiger partial charge in [0.15, 0.2) is 14.4 Å². The number of rotatable bonds is 2. The Morgan fingerprint density at radius 2 is 1.75 bits per heavy atom. The third-order valence-electron chi connectivity index (χ3n) is 7.15. The molecule has 3 fully saturated rings. The fraction of sp³-hybridized carbons (Fsp3) is 0.947. The highest BCUT2D eigenvalue weighted by molar-refractivity contribution is 6.69. The molecule has 0 amide bonds. The Labute approximate surface area is 147 Å². The van der Waals surface area contributed by atoms with Crippen molar-refractivity contribution in [2.45, 2.75) is 90.8 Å². The molecule has 1 aliphatic heterocycles. The molecule has 0 unspecified atom stereocenters. The Hall–Kier alpha value is -0.393. The average Bonchev–Trinajstić information content (AvgIpc) is 2.63. The zero-order chi connectivity index (χ0) is 18.1. The summed E-state index contributed by atoms with van der Waals surface area (Å²) in [5, 5.41) is 10.6. The molecule has 5 heteroatoms. The molecule has 1 saturated heterocycles. The largest absolute Gasteiger partial charge is 0.457 e. The molecule has 0 bridgehead atoms. The fourth-order valence-electron chi connectivity index (χ4n) is 6.29. The van der Waals surface area contributed by atoms with Gasteiger partial charge in [-0.15, -0.1) is 0 Å². The molecule has 24 heavy (non-hydrogen) atoms. The molecular weight excluding hydrogens is 320 g/mol. The lowest BCUT2D eigenvalue weighted by Crippen LogP contribution is -2.62. The number of carbonyl (C=O) groups excluding carboxylic acids is 1. The van der Waals surface area contributed by atoms with Crippen molar-refractivity contribution in [3.05, 3.63) is 0 Å². The van der Waals surface area contributed by atoms with Gasteiger partial charge in [-0.3, -0.25) is 0 Å². The van der Waals surface area contributed by atoms with Gasteiger partial charge >= 0.3 is 5.97 Å². The Morgan fingerprint density at radius 3 is 2.33 bits per heavy atom. The number of hydrogen-bond donors (Lipinski definition) is 1. The molecule has 2 saturated carbocycles. The lowest BCUT2D eigenvalue weighted by Gasteiger charge is -2.62. The van der Waals surface area contributed by atoms with Crippen LogP contribution >= 0.6 is 0 Å². The van der Waals surface area contributed by atoms with Gasteiger partial charge in [-0.05, 0) is 69.0 Å². The van der Waals surface area contributed by atoms with E-state index in [1.54, 1.807) is 0 Å². The summed E-state index contributed by atoms with van der Waals surface area (Å²) in [7, 11) is -1.61. The first-order valence-corrected chi connectivity index (χ1v) is 12.8. The van der Waals surface area contributed by atoms with Crippen molar-refractivity contribution < 1.29 is 19.1 Å². The molecule has 3 aliphatic rings. The summed E-state index contributed by atoms with van der Waals surface area (Å²) in [5.41, 5.74) is -0.550. The highest BCUT2D eigenvalue weighted by atomic mass is 28.4. The minimum Gasteiger partial charge on any atom is -0.457 e. The molecule has 1 heterocycles. The Morgan fingerprint density at radius 1 is 1.12 bits per heavy atom. The minimum atomic E-state index is -1.61. The Bertz CT molecular complexity index is 540. The predicted molar refractivity (Wildman–Crippen MR) is 96.1 cm³/mol. The third-order valence-corrected chi connectivity index (χ3v) is 8.15. The Balaban J connectivity index is 1.95. The summed E-state index contributed by atoms with van der Waals surface area (Å²) in [4.78, 5) is 12.1. The van der Waals surface area contributed by atoms with Crippen molar-refractivity contribution in [2.75, 3.05) is 0 Å². The van der Waals surface area contributed by atoms with Crippen molar-refractivity contribution in [1.29, 1.82) is 0 Å². The second kappa shape index (κ2) is 5.30. The molecular formula is C19H34O4Si. The first-order chi connectivity index (χ1) is 10.8. The Kier molecular flexibility index (Phi) is 4.07. The van der Waals surface area contributed by atoms with Gasteiger partial charge in [-0.25, -0.2) is 4.79 Å². The van der Waals surface area contributed by atoms with E-state index in [1.165, 1.54) is 0 Å². The second-order valence-corrected chi connectivity index (χ2v) is 14.8. The number of hydrogen-bond acceptors (Lipinski definition) is 4. The van der Waals surface area contributed by atoms with E-state index < -0.39 is 26.0 Å². The number of carbonyl (C=O) groups is 1. The van der Waals surface area contributed by atoms with Crippen LogP contribution in [0.15, 0.2) is 0 Å². The summed E-state index contributed by atoms with van der Waals surface area (Å²) in [5.74, 6) is -0.103. The molecule has 4 nitrogen and oxygen atoms in total. The van der Waals surface area contributed by atoms with Crippen molar-refractivity contribution in [3.63, 3.8) is 0 Å². The van der Waals surface area contributed by atoms with Crippen LogP contribution in [0.3, 0.4) is 0 Å². The topological polar surface area (TPSA) is 55.8 Å². The molecule has 3 rings (SSSR count). The van der Waals surface area contributed by atoms with Gasteiger partial charge in [-0.2, -0.15) is 0 Å². The number of ether oxygens (including phenoxy) is 1. The summed E-state index contributed by atoms with van der Waals surface area (Å²) < 4.78 is 12.2. The number of esters is 1. The minimum absolute atomic E-state index is 0.0416. The number of fused-ring (bicyclic) bond motifs is 3. The quantitative estimate of drug-likeness (QED) is 0.606. The van der Waals surface area contributed by atoms with Gasteiger partial charge in [-0.1, -0.05) is 20.8 Å². The maximum absolute atomic E-state index is 12.1. The maximum Gasteiger partial charge on any atom is 0.335 e. The molecule has 0 aromatic carbocycles. The van der Waals surface area contributed by atoms with E-state index in [-0.39, 0.29) is 22.9 Å². The standard InChI is InChI=1S/C19H34O4Si/c1-17(2)12-8-11-19(4)15(14(20)16(21)22-19)18(12,3)10-9-13(17)23-24(5,6)7/h12-15,20H,8-11H2,1-7H3/t12-,13-,14-,15+,18-,19+/m0/s1. The molecule has 1 N–H and O–H groups in total. The van der Waals surface area contributed by atoms with Crippen molar-refractivity contribution in [3.8, 4) is 0 Å². The van der Waals surface area contributed by atoms with Crippen molar-refractivity contribution >= 4 is 14.3 Å². The first kappa shape index (κ1) is 18.4. The first-order valence-electron chi connectivity index (χ1n) is 9.40. The van der Waals surface area contributed by atoms with Crippen LogP contribution in [-0.4, -0.2) is 37.2 Å². The van der Waals surface area contributed by atoms with Crippen LogP contribution in [0.4, 0.5) is 0 Å². The van der Waals surface area contributed by atoms with E-state index in [9.17, 15) is 9.90 Å². The number of aliphatic hydroxyl groups excluding tert-OH is 1. The van der Waals surface area contributed by atoms with Gasteiger partial charge in [0.1, 0.15) is 5.60 Å². The van der Waals surface area contributed by atoms with Gasteiger partial charge in [0.05, 0.1) is 6.10 Å². The van der Waals surface area contributed by atoms with Crippen LogP contribution in [-0.2, 0) is 14.0 Å². The molecule has 2 aliphatic carbocycles. The third kappa shape index (κ3) is 2.58. The highest BCUT2D eigenvalue weighted by Crippen LogP contribution is 2.65. The van der Waals surface area contributed by atoms with E-state index in [2.05, 4.69) is 40.4 Å². The van der Waals surface area contributed by atoms with Crippen molar-refractivity contribution in [1.82, 2.24) is 0 Å². The second-order valence-electron chi connectivity index (χ2n) is 10.3. The molecule has 138 valence electrons. The van der Waals surface area contributed by atoms with Crippen LogP contribution in [0.2, 0.25) is 19.6 Å². The SMILES string of the molecule is CC1(C)[C@@H](O[Si](C)(C)C)CC[C@]2(C)[C@H]3[C@H](O)C(=O)O[C@]3(C)CC[C@@H]12. The highest BCUT2D eigenvalue weighted by Gasteiger charge is 2.67. The fourth-order valence-corrected chi connectivity index (χ4v) is 7.57. The lowest BCUT2D eigenvalue weighted by atomic mass is 9.44. The smallest absolute Gasteiger partial charge is 0.335 e. The summed E-state index contributed by atoms with van der Waals surface area (Å²) >= 11 is 0. The lowest BCUT2D eigenvalue weighted by molar-refractivity contribution is -0.185. The van der Waals surface area contributed by atoms with Crippen LogP contribution < -0.4 is 0 Å². The van der Waals surface area contributed by atoms with Gasteiger partial charge < -0.3 is 14.3 Å². The maximum atomic E-state index is 12.1. The molecule has 0 aromatic rings. The normalized spacial score (nSPS) is 47.8. The van der Waals surface area contributed by atoms with Gasteiger partial charge in [0.25, 0.3) is 0 Å². The summed E-state index contributed by atoms with van der Waals surface area (Å²) in [6, 6.07) is 0. The van der Waals surface area contributed by atoms with E-state index in [0.717, 1.165) is 25.7 Å². The van der Waals surface area contributed by atoms with Gasteiger partial charge in [0, 0.05) is 5.92 Å². The van der Waals surface area contributed by atoms with E-state index >= 15 is 0 Å². The van der Waals surface area contributed by atoms with E-state index in [0.29, 0.717) is 5.92 Å². The average molecular weight is 355 g/mol. The van der Waals surface area contributed by atoms with Crippen LogP contribution in [0.1, 0.15) is 53.4 Å². The zero-order valence-electron chi connectivity index (χ0n) is 16.3. The van der Waals surface area contributed by atoms with Crippen LogP contribution in [0.5, 0.6) is 0 Å². The molecule has 0 radical (unpaired) electrons. The molecule has 0 aromatic heterocycles.